The minimum atomic E-state index is -1.02. The Morgan fingerprint density at radius 1 is 0.909 bits per heavy atom. The highest BCUT2D eigenvalue weighted by atomic mass is 16.5. The summed E-state index contributed by atoms with van der Waals surface area (Å²) in [6.07, 6.45) is 5.54. The molecule has 5 heteroatoms. The van der Waals surface area contributed by atoms with Crippen LogP contribution < -0.4 is 4.74 Å². The molecule has 0 aromatic heterocycles. The summed E-state index contributed by atoms with van der Waals surface area (Å²) in [5, 5.41) is 8.94. The van der Waals surface area contributed by atoms with E-state index < -0.39 is 18.0 Å². The van der Waals surface area contributed by atoms with Crippen LogP contribution in [0.2, 0.25) is 0 Å². The van der Waals surface area contributed by atoms with Crippen LogP contribution in [-0.2, 0) is 20.9 Å². The van der Waals surface area contributed by atoms with Crippen LogP contribution in [0.1, 0.15) is 40.8 Å². The average Bonchev–Trinajstić information content (AvgIpc) is 2.80. The zero-order chi connectivity index (χ0) is 23.6. The smallest absolute Gasteiger partial charge is 0.328 e. The fraction of sp³-hybridized carbons (Fsp3) is 0.143. The van der Waals surface area contributed by atoms with Crippen molar-refractivity contribution in [2.75, 3.05) is 0 Å². The van der Waals surface area contributed by atoms with Gasteiger partial charge < -0.3 is 14.6 Å². The molecule has 0 radical (unpaired) electrons. The lowest BCUT2D eigenvalue weighted by Crippen LogP contribution is -2.09. The van der Waals surface area contributed by atoms with Crippen molar-refractivity contribution in [3.63, 3.8) is 0 Å². The summed E-state index contributed by atoms with van der Waals surface area (Å²) < 4.78 is 11.8. The number of carboxylic acids is 1. The second kappa shape index (κ2) is 11.5. The molecule has 168 valence electrons. The zero-order valence-corrected chi connectivity index (χ0v) is 18.6. The van der Waals surface area contributed by atoms with E-state index in [0.717, 1.165) is 33.9 Å². The Hall–Kier alpha value is -4.12. The number of carbonyl (C=O) groups excluding carboxylic acids is 1. The maximum Gasteiger partial charge on any atom is 0.328 e. The number of hydrogen-bond donors (Lipinski definition) is 1. The third-order valence-corrected chi connectivity index (χ3v) is 4.92. The molecule has 33 heavy (non-hydrogen) atoms. The summed E-state index contributed by atoms with van der Waals surface area (Å²) in [7, 11) is 0. The lowest BCUT2D eigenvalue weighted by molar-refractivity contribution is -0.144. The molecular weight excluding hydrogens is 416 g/mol. The largest absolute Gasteiger partial charge is 0.488 e. The fourth-order valence-electron chi connectivity index (χ4n) is 3.38. The summed E-state index contributed by atoms with van der Waals surface area (Å²) in [6, 6.07) is 22.9. The van der Waals surface area contributed by atoms with Crippen molar-refractivity contribution in [3.8, 4) is 5.75 Å². The molecule has 0 saturated heterocycles. The number of benzene rings is 3. The second-order valence-electron chi connectivity index (χ2n) is 7.46. The average molecular weight is 443 g/mol. The molecule has 0 spiro atoms. The number of ether oxygens (including phenoxy) is 2. The highest BCUT2D eigenvalue weighted by Gasteiger charge is 2.18. The molecule has 5 nitrogen and oxygen atoms in total. The van der Waals surface area contributed by atoms with Crippen molar-refractivity contribution in [2.24, 2.45) is 0 Å². The van der Waals surface area contributed by atoms with E-state index in [1.165, 1.54) is 13.0 Å². The molecule has 1 unspecified atom stereocenters. The van der Waals surface area contributed by atoms with Crippen molar-refractivity contribution < 1.29 is 24.2 Å². The van der Waals surface area contributed by atoms with Crippen LogP contribution in [-0.4, -0.2) is 17.0 Å². The molecule has 1 atom stereocenters. The number of carbonyl (C=O) groups is 2. The minimum Gasteiger partial charge on any atom is -0.488 e. The minimum absolute atomic E-state index is 0.387. The molecule has 0 fully saturated rings. The predicted octanol–water partition coefficient (Wildman–Crippen LogP) is 5.99. The molecule has 0 aliphatic heterocycles. The Bertz CT molecular complexity index is 1160. The normalized spacial score (nSPS) is 12.1. The lowest BCUT2D eigenvalue weighted by atomic mass is 10.0. The third-order valence-electron chi connectivity index (χ3n) is 4.92. The molecule has 0 amide bonds. The van der Waals surface area contributed by atoms with E-state index >= 15 is 0 Å². The van der Waals surface area contributed by atoms with Crippen molar-refractivity contribution in [1.29, 1.82) is 0 Å². The molecule has 0 heterocycles. The maximum atomic E-state index is 11.9. The summed E-state index contributed by atoms with van der Waals surface area (Å²) >= 11 is 0. The Balaban J connectivity index is 1.93. The number of aryl methyl sites for hydroxylation is 1. The summed E-state index contributed by atoms with van der Waals surface area (Å²) in [5.41, 5.74) is 4.23. The number of hydrogen-bond acceptors (Lipinski definition) is 4. The monoisotopic (exact) mass is 442 g/mol. The summed E-state index contributed by atoms with van der Waals surface area (Å²) in [5.74, 6) is -0.776. The highest BCUT2D eigenvalue weighted by molar-refractivity contribution is 5.86. The second-order valence-corrected chi connectivity index (χ2v) is 7.46. The molecular formula is C28H26O5. The Morgan fingerprint density at radius 2 is 1.58 bits per heavy atom. The van der Waals surface area contributed by atoms with Crippen LogP contribution >= 0.6 is 0 Å². The van der Waals surface area contributed by atoms with Gasteiger partial charge in [-0.25, -0.2) is 4.79 Å². The van der Waals surface area contributed by atoms with Gasteiger partial charge in [-0.1, -0.05) is 78.9 Å². The van der Waals surface area contributed by atoms with Gasteiger partial charge in [0.15, 0.2) is 0 Å². The Labute approximate surface area is 193 Å². The van der Waals surface area contributed by atoms with Crippen molar-refractivity contribution in [1.82, 2.24) is 0 Å². The zero-order valence-electron chi connectivity index (χ0n) is 18.6. The first-order valence-electron chi connectivity index (χ1n) is 10.6. The van der Waals surface area contributed by atoms with Crippen LogP contribution in [0.25, 0.3) is 12.2 Å². The fourth-order valence-corrected chi connectivity index (χ4v) is 3.38. The van der Waals surface area contributed by atoms with E-state index in [0.29, 0.717) is 12.4 Å². The first kappa shape index (κ1) is 23.5. The quantitative estimate of drug-likeness (QED) is 0.326. The van der Waals surface area contributed by atoms with Gasteiger partial charge in [0.2, 0.25) is 0 Å². The van der Waals surface area contributed by atoms with Gasteiger partial charge in [-0.2, -0.15) is 0 Å². The number of carboxylic acid groups (broad SMARTS) is 1. The molecule has 1 N–H and O–H groups in total. The predicted molar refractivity (Wildman–Crippen MR) is 129 cm³/mol. The van der Waals surface area contributed by atoms with Crippen LogP contribution in [0.15, 0.2) is 84.9 Å². The van der Waals surface area contributed by atoms with Gasteiger partial charge in [0.25, 0.3) is 0 Å². The summed E-state index contributed by atoms with van der Waals surface area (Å²) in [4.78, 5) is 22.8. The molecule has 0 bridgehead atoms. The van der Waals surface area contributed by atoms with Crippen LogP contribution in [0.3, 0.4) is 0 Å². The lowest BCUT2D eigenvalue weighted by Gasteiger charge is -2.20. The third kappa shape index (κ3) is 6.94. The number of esters is 1. The molecule has 3 aromatic rings. The van der Waals surface area contributed by atoms with Gasteiger partial charge in [0.1, 0.15) is 18.5 Å². The van der Waals surface area contributed by atoms with E-state index in [2.05, 4.69) is 0 Å². The van der Waals surface area contributed by atoms with Crippen molar-refractivity contribution >= 4 is 24.1 Å². The Kier molecular flexibility index (Phi) is 8.19. The molecule has 0 aliphatic rings. The maximum absolute atomic E-state index is 11.9. The van der Waals surface area contributed by atoms with E-state index in [-0.39, 0.29) is 0 Å². The number of aliphatic carboxylic acids is 1. The van der Waals surface area contributed by atoms with Gasteiger partial charge in [0, 0.05) is 18.6 Å². The highest BCUT2D eigenvalue weighted by Crippen LogP contribution is 2.33. The molecule has 0 saturated carbocycles. The van der Waals surface area contributed by atoms with Crippen LogP contribution in [0.5, 0.6) is 5.75 Å². The first-order chi connectivity index (χ1) is 15.9. The van der Waals surface area contributed by atoms with E-state index in [9.17, 15) is 9.59 Å². The van der Waals surface area contributed by atoms with E-state index in [1.54, 1.807) is 6.08 Å². The molecule has 3 rings (SSSR count). The SMILES string of the molecule is CC(=O)OC(C=Cc1ccccc1C=CC(=O)O)c1cccc(C)c1OCc1ccccc1. The van der Waals surface area contributed by atoms with Crippen molar-refractivity contribution in [2.45, 2.75) is 26.6 Å². The standard InChI is InChI=1S/C28H26O5/c1-20-9-8-14-25(28(20)32-19-22-10-4-3-5-11-22)26(33-21(2)29)17-15-23-12-6-7-13-24(23)16-18-27(30)31/h3-18,26H,19H2,1-2H3,(H,30,31). The van der Waals surface area contributed by atoms with E-state index in [4.69, 9.17) is 14.6 Å². The first-order valence-corrected chi connectivity index (χ1v) is 10.6. The van der Waals surface area contributed by atoms with Crippen molar-refractivity contribution in [3.05, 3.63) is 113 Å². The van der Waals surface area contributed by atoms with E-state index in [1.807, 2.05) is 85.8 Å². The van der Waals surface area contributed by atoms with Gasteiger partial charge in [-0.3, -0.25) is 4.79 Å². The summed E-state index contributed by atoms with van der Waals surface area (Å²) in [6.45, 7) is 3.70. The topological polar surface area (TPSA) is 72.8 Å². The molecule has 0 aliphatic carbocycles. The van der Waals surface area contributed by atoms with Gasteiger partial charge >= 0.3 is 11.9 Å². The number of rotatable bonds is 9. The van der Waals surface area contributed by atoms with Gasteiger partial charge in [-0.05, 0) is 41.3 Å². The Morgan fingerprint density at radius 3 is 2.24 bits per heavy atom. The van der Waals surface area contributed by atoms with Gasteiger partial charge in [0.05, 0.1) is 0 Å². The number of para-hydroxylation sites is 1. The van der Waals surface area contributed by atoms with Crippen LogP contribution in [0.4, 0.5) is 0 Å². The molecule has 3 aromatic carbocycles. The van der Waals surface area contributed by atoms with Crippen LogP contribution in [0, 0.1) is 6.92 Å². The van der Waals surface area contributed by atoms with Gasteiger partial charge in [-0.15, -0.1) is 0 Å².